The zero-order chi connectivity index (χ0) is 12.9. The molecule has 17 heavy (non-hydrogen) atoms. The second kappa shape index (κ2) is 6.24. The van der Waals surface area contributed by atoms with E-state index < -0.39 is 0 Å². The van der Waals surface area contributed by atoms with Crippen LogP contribution < -0.4 is 5.32 Å². The number of rotatable bonds is 5. The molecule has 0 spiro atoms. The molecule has 1 N–H and O–H groups in total. The lowest BCUT2D eigenvalue weighted by Gasteiger charge is -2.18. The number of aromatic nitrogens is 2. The quantitative estimate of drug-likeness (QED) is 0.641. The number of nitrogens with one attached hydrogen (secondary N) is 1. The molecule has 0 aliphatic rings. The molecule has 96 valence electrons. The van der Waals surface area contributed by atoms with Crippen LogP contribution in [0.3, 0.4) is 0 Å². The van der Waals surface area contributed by atoms with E-state index in [0.29, 0.717) is 0 Å². The molecule has 0 fully saturated rings. The Morgan fingerprint density at radius 2 is 1.94 bits per heavy atom. The van der Waals surface area contributed by atoms with Crippen molar-refractivity contribution in [2.24, 2.45) is 0 Å². The van der Waals surface area contributed by atoms with Gasteiger partial charge in [0.1, 0.15) is 16.7 Å². The van der Waals surface area contributed by atoms with Crippen LogP contribution in [0, 0.1) is 0 Å². The summed E-state index contributed by atoms with van der Waals surface area (Å²) in [6.07, 6.45) is 1.16. The zero-order valence-corrected chi connectivity index (χ0v) is 12.3. The topological polar surface area (TPSA) is 37.8 Å². The molecule has 0 unspecified atom stereocenters. The molecule has 3 nitrogen and oxygen atoms in total. The van der Waals surface area contributed by atoms with E-state index in [1.165, 1.54) is 0 Å². The number of anilines is 1. The van der Waals surface area contributed by atoms with Crippen molar-refractivity contribution in [2.45, 2.75) is 51.5 Å². The van der Waals surface area contributed by atoms with E-state index in [9.17, 15) is 0 Å². The van der Waals surface area contributed by atoms with Crippen molar-refractivity contribution in [2.75, 3.05) is 17.6 Å². The van der Waals surface area contributed by atoms with Gasteiger partial charge in [0.15, 0.2) is 0 Å². The zero-order valence-electron chi connectivity index (χ0n) is 11.5. The van der Waals surface area contributed by atoms with Crippen molar-refractivity contribution in [1.82, 2.24) is 9.97 Å². The minimum Gasteiger partial charge on any atom is -0.370 e. The molecule has 0 aliphatic carbocycles. The largest absolute Gasteiger partial charge is 0.370 e. The summed E-state index contributed by atoms with van der Waals surface area (Å²) in [6.45, 7) is 11.6. The van der Waals surface area contributed by atoms with Crippen molar-refractivity contribution in [3.63, 3.8) is 0 Å². The van der Waals surface area contributed by atoms with Crippen LogP contribution in [-0.2, 0) is 5.41 Å². The summed E-state index contributed by atoms with van der Waals surface area (Å²) in [5.41, 5.74) is -0.00699. The van der Waals surface area contributed by atoms with Gasteiger partial charge in [-0.05, 0) is 19.1 Å². The van der Waals surface area contributed by atoms with Crippen LogP contribution in [0.1, 0.15) is 46.9 Å². The monoisotopic (exact) mass is 253 g/mol. The molecule has 0 radical (unpaired) electrons. The molecule has 1 aromatic rings. The molecule has 1 aromatic heterocycles. The summed E-state index contributed by atoms with van der Waals surface area (Å²) in [5.74, 6) is 2.95. The Labute approximate surface area is 109 Å². The van der Waals surface area contributed by atoms with Gasteiger partial charge in [-0.25, -0.2) is 9.97 Å². The normalized spacial score (nSPS) is 11.6. The lowest BCUT2D eigenvalue weighted by molar-refractivity contribution is 0.539. The third-order valence-electron chi connectivity index (χ3n) is 2.19. The second-order valence-corrected chi connectivity index (χ2v) is 6.16. The molecule has 0 saturated carbocycles. The summed E-state index contributed by atoms with van der Waals surface area (Å²) in [4.78, 5) is 9.20. The van der Waals surface area contributed by atoms with Crippen molar-refractivity contribution in [3.05, 3.63) is 11.9 Å². The first kappa shape index (κ1) is 14.3. The number of nitrogens with zero attached hydrogens (tertiary/aromatic N) is 2. The summed E-state index contributed by atoms with van der Waals surface area (Å²) in [7, 11) is 0. The minimum absolute atomic E-state index is 0.00699. The lowest BCUT2D eigenvalue weighted by atomic mass is 9.96. The highest BCUT2D eigenvalue weighted by atomic mass is 32.2. The molecule has 0 aromatic carbocycles. The van der Waals surface area contributed by atoms with E-state index in [0.717, 1.165) is 35.4 Å². The molecule has 0 bridgehead atoms. The smallest absolute Gasteiger partial charge is 0.137 e. The van der Waals surface area contributed by atoms with Gasteiger partial charge >= 0.3 is 0 Å². The molecule has 1 rings (SSSR count). The highest BCUT2D eigenvalue weighted by Crippen LogP contribution is 2.25. The summed E-state index contributed by atoms with van der Waals surface area (Å²) in [6, 6.07) is 2.04. The van der Waals surface area contributed by atoms with Gasteiger partial charge in [0.05, 0.1) is 0 Å². The van der Waals surface area contributed by atoms with Gasteiger partial charge in [-0.2, -0.15) is 0 Å². The van der Waals surface area contributed by atoms with Crippen LogP contribution in [0.5, 0.6) is 0 Å². The van der Waals surface area contributed by atoms with Crippen molar-refractivity contribution in [1.29, 1.82) is 0 Å². The first-order chi connectivity index (χ1) is 7.97. The highest BCUT2D eigenvalue weighted by molar-refractivity contribution is 7.99. The molecule has 0 atom stereocenters. The highest BCUT2D eigenvalue weighted by Gasteiger charge is 2.19. The SMILES string of the molecule is CCCSc1cc(NCC)nc(C(C)(C)C)n1. The van der Waals surface area contributed by atoms with E-state index >= 15 is 0 Å². The predicted octanol–water partition coefficient (Wildman–Crippen LogP) is 3.71. The van der Waals surface area contributed by atoms with E-state index in [1.807, 2.05) is 6.07 Å². The fourth-order valence-corrected chi connectivity index (χ4v) is 2.07. The summed E-state index contributed by atoms with van der Waals surface area (Å²) >= 11 is 1.80. The molecule has 0 amide bonds. The Morgan fingerprint density at radius 3 is 2.47 bits per heavy atom. The number of thioether (sulfide) groups is 1. The Bertz CT molecular complexity index is 358. The second-order valence-electron chi connectivity index (χ2n) is 5.04. The summed E-state index contributed by atoms with van der Waals surface area (Å²) in [5, 5.41) is 4.34. The minimum atomic E-state index is -0.00699. The Hall–Kier alpha value is -0.770. The van der Waals surface area contributed by atoms with Gasteiger partial charge in [-0.1, -0.05) is 27.7 Å². The van der Waals surface area contributed by atoms with Gasteiger partial charge in [0.25, 0.3) is 0 Å². The standard InChI is InChI=1S/C13H23N3S/c1-6-8-17-11-9-10(14-7-2)15-12(16-11)13(3,4)5/h9H,6-8H2,1-5H3,(H,14,15,16). The summed E-state index contributed by atoms with van der Waals surface area (Å²) < 4.78 is 0. The van der Waals surface area contributed by atoms with Gasteiger partial charge in [-0.3, -0.25) is 0 Å². The fraction of sp³-hybridized carbons (Fsp3) is 0.692. The van der Waals surface area contributed by atoms with Crippen LogP contribution in [0.25, 0.3) is 0 Å². The van der Waals surface area contributed by atoms with E-state index in [1.54, 1.807) is 11.8 Å². The molecular weight excluding hydrogens is 230 g/mol. The lowest BCUT2D eigenvalue weighted by Crippen LogP contribution is -2.17. The van der Waals surface area contributed by atoms with Crippen molar-refractivity contribution < 1.29 is 0 Å². The molecule has 4 heteroatoms. The van der Waals surface area contributed by atoms with Crippen LogP contribution in [0.15, 0.2) is 11.1 Å². The van der Waals surface area contributed by atoms with E-state index in [2.05, 4.69) is 49.9 Å². The van der Waals surface area contributed by atoms with Gasteiger partial charge in [0, 0.05) is 18.0 Å². The van der Waals surface area contributed by atoms with Crippen LogP contribution in [0.4, 0.5) is 5.82 Å². The van der Waals surface area contributed by atoms with Crippen LogP contribution >= 0.6 is 11.8 Å². The molecule has 1 heterocycles. The van der Waals surface area contributed by atoms with Crippen molar-refractivity contribution in [3.8, 4) is 0 Å². The van der Waals surface area contributed by atoms with Crippen LogP contribution in [0.2, 0.25) is 0 Å². The maximum Gasteiger partial charge on any atom is 0.137 e. The van der Waals surface area contributed by atoms with E-state index in [-0.39, 0.29) is 5.41 Å². The van der Waals surface area contributed by atoms with Crippen molar-refractivity contribution >= 4 is 17.6 Å². The Kier molecular flexibility index (Phi) is 5.25. The average Bonchev–Trinajstić information content (AvgIpc) is 2.25. The fourth-order valence-electron chi connectivity index (χ4n) is 1.31. The molecule has 0 aliphatic heterocycles. The third-order valence-corrected chi connectivity index (χ3v) is 3.30. The first-order valence-electron chi connectivity index (χ1n) is 6.23. The average molecular weight is 253 g/mol. The number of hydrogen-bond donors (Lipinski definition) is 1. The molecule has 0 saturated heterocycles. The van der Waals surface area contributed by atoms with Gasteiger partial charge < -0.3 is 5.32 Å². The maximum absolute atomic E-state index is 4.64. The third kappa shape index (κ3) is 4.54. The first-order valence-corrected chi connectivity index (χ1v) is 7.22. The number of hydrogen-bond acceptors (Lipinski definition) is 4. The van der Waals surface area contributed by atoms with Gasteiger partial charge in [0.2, 0.25) is 0 Å². The maximum atomic E-state index is 4.64. The molecular formula is C13H23N3S. The predicted molar refractivity (Wildman–Crippen MR) is 75.9 cm³/mol. The van der Waals surface area contributed by atoms with E-state index in [4.69, 9.17) is 0 Å². The Morgan fingerprint density at radius 1 is 1.24 bits per heavy atom. The van der Waals surface area contributed by atoms with Crippen LogP contribution in [-0.4, -0.2) is 22.3 Å². The van der Waals surface area contributed by atoms with Gasteiger partial charge in [-0.15, -0.1) is 11.8 Å². The Balaban J connectivity index is 3.01.